The number of pyridine rings is 2. The van der Waals surface area contributed by atoms with E-state index in [0.717, 1.165) is 54.1 Å². The molecule has 198 valence electrons. The van der Waals surface area contributed by atoms with Crippen LogP contribution in [0.4, 0.5) is 11.6 Å². The van der Waals surface area contributed by atoms with Crippen LogP contribution in [0.5, 0.6) is 5.75 Å². The molecule has 1 aromatic carbocycles. The van der Waals surface area contributed by atoms with Gasteiger partial charge < -0.3 is 19.9 Å². The average molecular weight is 523 g/mol. The molecule has 5 heterocycles. The van der Waals surface area contributed by atoms with Gasteiger partial charge >= 0.3 is 0 Å². The van der Waals surface area contributed by atoms with E-state index >= 15 is 0 Å². The van der Waals surface area contributed by atoms with Crippen LogP contribution in [-0.4, -0.2) is 48.3 Å². The van der Waals surface area contributed by atoms with E-state index in [-0.39, 0.29) is 11.7 Å². The highest BCUT2D eigenvalue weighted by Crippen LogP contribution is 2.26. The molecule has 10 nitrogen and oxygen atoms in total. The van der Waals surface area contributed by atoms with Gasteiger partial charge in [-0.1, -0.05) is 0 Å². The molecule has 4 aromatic heterocycles. The Balaban J connectivity index is 1.28. The van der Waals surface area contributed by atoms with Crippen molar-refractivity contribution in [1.82, 2.24) is 34.4 Å². The Hall–Kier alpha value is -4.57. The molecular formula is C29H30N8O2. The van der Waals surface area contributed by atoms with Gasteiger partial charge in [-0.25, -0.2) is 9.97 Å². The molecule has 1 aliphatic heterocycles. The number of piperidine rings is 1. The van der Waals surface area contributed by atoms with E-state index in [0.29, 0.717) is 29.4 Å². The molecular weight excluding hydrogens is 492 g/mol. The lowest BCUT2D eigenvalue weighted by Gasteiger charge is -2.23. The molecule has 1 fully saturated rings. The van der Waals surface area contributed by atoms with Crippen LogP contribution in [0.1, 0.15) is 25.5 Å². The second-order valence-electron chi connectivity index (χ2n) is 9.56. The summed E-state index contributed by atoms with van der Waals surface area (Å²) in [5, 5.41) is 7.36. The number of aromatic nitrogens is 6. The molecule has 39 heavy (non-hydrogen) atoms. The Morgan fingerprint density at radius 3 is 2.67 bits per heavy atom. The third-order valence-electron chi connectivity index (χ3n) is 7.03. The third kappa shape index (κ3) is 4.98. The molecule has 2 N–H and O–H groups in total. The fourth-order valence-electron chi connectivity index (χ4n) is 4.96. The zero-order valence-corrected chi connectivity index (χ0v) is 22.0. The molecule has 10 heteroatoms. The number of hydrogen-bond acceptors (Lipinski definition) is 8. The van der Waals surface area contributed by atoms with Gasteiger partial charge in [0.1, 0.15) is 23.8 Å². The lowest BCUT2D eigenvalue weighted by Crippen LogP contribution is -2.34. The summed E-state index contributed by atoms with van der Waals surface area (Å²) in [6.07, 6.45) is 9.21. The van der Waals surface area contributed by atoms with Crippen molar-refractivity contribution in [2.75, 3.05) is 18.4 Å². The molecule has 1 saturated heterocycles. The van der Waals surface area contributed by atoms with Gasteiger partial charge in [0.15, 0.2) is 0 Å². The first-order chi connectivity index (χ1) is 19.1. The number of nitrogens with one attached hydrogen (secondary N) is 2. The van der Waals surface area contributed by atoms with Gasteiger partial charge in [-0.2, -0.15) is 4.98 Å². The summed E-state index contributed by atoms with van der Waals surface area (Å²) in [7, 11) is 0. The zero-order valence-electron chi connectivity index (χ0n) is 22.0. The predicted octanol–water partition coefficient (Wildman–Crippen LogP) is 4.24. The van der Waals surface area contributed by atoms with Gasteiger partial charge in [-0.15, -0.1) is 0 Å². The van der Waals surface area contributed by atoms with Gasteiger partial charge in [-0.05, 0) is 82.2 Å². The highest BCUT2D eigenvalue weighted by molar-refractivity contribution is 5.81. The van der Waals surface area contributed by atoms with Gasteiger partial charge in [0.05, 0.1) is 23.1 Å². The number of imidazole rings is 1. The lowest BCUT2D eigenvalue weighted by atomic mass is 10.1. The summed E-state index contributed by atoms with van der Waals surface area (Å²) in [6.45, 7) is 6.32. The summed E-state index contributed by atoms with van der Waals surface area (Å²) in [5.74, 6) is 1.27. The Bertz CT molecular complexity index is 1660. The molecule has 0 aliphatic carbocycles. The maximum atomic E-state index is 13.6. The molecule has 5 aromatic rings. The van der Waals surface area contributed by atoms with Crippen LogP contribution >= 0.6 is 0 Å². The topological polar surface area (TPSA) is 112 Å². The van der Waals surface area contributed by atoms with Crippen LogP contribution in [-0.2, 0) is 6.54 Å². The minimum absolute atomic E-state index is 0.145. The third-order valence-corrected chi connectivity index (χ3v) is 7.03. The molecule has 0 atom stereocenters. The molecule has 0 saturated carbocycles. The summed E-state index contributed by atoms with van der Waals surface area (Å²) >= 11 is 0. The fraction of sp³-hybridized carbons (Fsp3) is 0.276. The van der Waals surface area contributed by atoms with Gasteiger partial charge in [0.25, 0.3) is 5.56 Å². The van der Waals surface area contributed by atoms with Crippen LogP contribution in [0.15, 0.2) is 72.2 Å². The van der Waals surface area contributed by atoms with Gasteiger partial charge in [-0.3, -0.25) is 14.3 Å². The second-order valence-corrected chi connectivity index (χ2v) is 9.56. The lowest BCUT2D eigenvalue weighted by molar-refractivity contribution is 0.162. The Labute approximate surface area is 225 Å². The minimum Gasteiger partial charge on any atom is -0.490 e. The van der Waals surface area contributed by atoms with E-state index in [2.05, 4.69) is 25.6 Å². The summed E-state index contributed by atoms with van der Waals surface area (Å²) in [4.78, 5) is 31.6. The van der Waals surface area contributed by atoms with Crippen molar-refractivity contribution >= 4 is 22.7 Å². The summed E-state index contributed by atoms with van der Waals surface area (Å²) < 4.78 is 9.69. The highest BCUT2D eigenvalue weighted by Gasteiger charge is 2.18. The number of ether oxygens (including phenoxy) is 1. The molecule has 6 rings (SSSR count). The van der Waals surface area contributed by atoms with Crippen LogP contribution in [0.25, 0.3) is 28.0 Å². The first kappa shape index (κ1) is 24.7. The summed E-state index contributed by atoms with van der Waals surface area (Å²) in [5.41, 5.74) is 4.14. The Morgan fingerprint density at radius 2 is 1.92 bits per heavy atom. The van der Waals surface area contributed by atoms with Crippen molar-refractivity contribution in [2.24, 2.45) is 0 Å². The molecule has 0 radical (unpaired) electrons. The fourth-order valence-corrected chi connectivity index (χ4v) is 4.96. The van der Waals surface area contributed by atoms with Gasteiger partial charge in [0.2, 0.25) is 5.95 Å². The number of aryl methyl sites for hydroxylation is 1. The monoisotopic (exact) mass is 522 g/mol. The molecule has 0 amide bonds. The normalized spacial score (nSPS) is 14.0. The Morgan fingerprint density at radius 1 is 1.10 bits per heavy atom. The van der Waals surface area contributed by atoms with Crippen LogP contribution in [0, 0.1) is 6.92 Å². The number of benzene rings is 1. The molecule has 1 aliphatic rings. The maximum absolute atomic E-state index is 13.6. The van der Waals surface area contributed by atoms with Crippen molar-refractivity contribution in [3.63, 3.8) is 0 Å². The van der Waals surface area contributed by atoms with Crippen molar-refractivity contribution < 1.29 is 4.74 Å². The molecule has 0 unspecified atom stereocenters. The van der Waals surface area contributed by atoms with E-state index in [1.165, 1.54) is 0 Å². The van der Waals surface area contributed by atoms with E-state index in [1.54, 1.807) is 29.5 Å². The number of fused-ring (bicyclic) bond motifs is 1. The molecule has 0 spiro atoms. The zero-order chi connectivity index (χ0) is 26.8. The van der Waals surface area contributed by atoms with Crippen LogP contribution in [0.3, 0.4) is 0 Å². The predicted molar refractivity (Wildman–Crippen MR) is 151 cm³/mol. The van der Waals surface area contributed by atoms with Crippen molar-refractivity contribution in [3.8, 4) is 22.7 Å². The van der Waals surface area contributed by atoms with E-state index in [9.17, 15) is 4.79 Å². The number of anilines is 2. The standard InChI is InChI=1S/C29H30N8O2/c1-3-36-27-20(15-25(28(36)38)26-19(2)37(18-33-26)22-5-4-12-31-17-22)16-32-29(35-27)34-21-6-8-23(9-7-21)39-24-10-13-30-14-11-24/h4-9,12,15-18,24,30H,3,10-11,13-14H2,1-2H3,(H,32,34,35). The highest BCUT2D eigenvalue weighted by atomic mass is 16.5. The number of hydrogen-bond donors (Lipinski definition) is 2. The maximum Gasteiger partial charge on any atom is 0.261 e. The van der Waals surface area contributed by atoms with Crippen molar-refractivity contribution in [3.05, 3.63) is 83.4 Å². The quantitative estimate of drug-likeness (QED) is 0.326. The summed E-state index contributed by atoms with van der Waals surface area (Å²) in [6, 6.07) is 13.4. The largest absolute Gasteiger partial charge is 0.490 e. The minimum atomic E-state index is -0.145. The van der Waals surface area contributed by atoms with Crippen molar-refractivity contribution in [2.45, 2.75) is 39.3 Å². The smallest absolute Gasteiger partial charge is 0.261 e. The van der Waals surface area contributed by atoms with Crippen LogP contribution in [0.2, 0.25) is 0 Å². The van der Waals surface area contributed by atoms with E-state index in [1.807, 2.05) is 60.9 Å². The second kappa shape index (κ2) is 10.7. The van der Waals surface area contributed by atoms with Crippen LogP contribution < -0.4 is 20.9 Å². The first-order valence-electron chi connectivity index (χ1n) is 13.2. The van der Waals surface area contributed by atoms with E-state index in [4.69, 9.17) is 9.72 Å². The van der Waals surface area contributed by atoms with Gasteiger partial charge in [0, 0.05) is 35.7 Å². The Kier molecular flexibility index (Phi) is 6.76. The SMILES string of the molecule is CCn1c(=O)c(-c2ncn(-c3cccnc3)c2C)cc2cnc(Nc3ccc(OC4CCNCC4)cc3)nc21. The molecule has 0 bridgehead atoms. The average Bonchev–Trinajstić information content (AvgIpc) is 3.35. The number of nitrogens with zero attached hydrogens (tertiary/aromatic N) is 6. The van der Waals surface area contributed by atoms with E-state index < -0.39 is 0 Å². The first-order valence-corrected chi connectivity index (χ1v) is 13.2. The van der Waals surface area contributed by atoms with Crippen molar-refractivity contribution in [1.29, 1.82) is 0 Å². The number of rotatable bonds is 7.